The Kier molecular flexibility index (Phi) is 4.28. The largest absolute Gasteiger partial charge is 0.342 e. The Morgan fingerprint density at radius 2 is 1.96 bits per heavy atom. The Morgan fingerprint density at radius 1 is 1.24 bits per heavy atom. The van der Waals surface area contributed by atoms with Gasteiger partial charge < -0.3 is 15.1 Å². The molecule has 1 atom stereocenters. The minimum Gasteiger partial charge on any atom is -0.342 e. The van der Waals surface area contributed by atoms with Gasteiger partial charge in [-0.15, -0.1) is 0 Å². The zero-order valence-electron chi connectivity index (χ0n) is 15.0. The molecule has 3 aliphatic rings. The summed E-state index contributed by atoms with van der Waals surface area (Å²) in [4.78, 5) is 29.0. The van der Waals surface area contributed by atoms with Crippen LogP contribution in [0.5, 0.6) is 0 Å². The van der Waals surface area contributed by atoms with Crippen LogP contribution in [0.3, 0.4) is 0 Å². The number of carbonyl (C=O) groups excluding carboxylic acids is 2. The summed E-state index contributed by atoms with van der Waals surface area (Å²) in [6.45, 7) is 6.05. The molecule has 134 valence electrons. The van der Waals surface area contributed by atoms with Gasteiger partial charge in [0, 0.05) is 44.6 Å². The number of rotatable bonds is 2. The second-order valence-corrected chi connectivity index (χ2v) is 7.82. The minimum absolute atomic E-state index is 0.108. The molecule has 0 aliphatic carbocycles. The molecule has 3 heterocycles. The fourth-order valence-corrected chi connectivity index (χ4v) is 4.66. The molecule has 2 saturated heterocycles. The van der Waals surface area contributed by atoms with Crippen LogP contribution in [0, 0.1) is 5.41 Å². The van der Waals surface area contributed by atoms with E-state index in [1.54, 1.807) is 0 Å². The van der Waals surface area contributed by atoms with Gasteiger partial charge in [-0.2, -0.15) is 0 Å². The third kappa shape index (κ3) is 3.06. The molecular formula is C20H27N3O2. The van der Waals surface area contributed by atoms with E-state index < -0.39 is 0 Å². The summed E-state index contributed by atoms with van der Waals surface area (Å²) in [5, 5.41) is 3.40. The molecule has 0 radical (unpaired) electrons. The van der Waals surface area contributed by atoms with E-state index in [4.69, 9.17) is 0 Å². The first-order valence-electron chi connectivity index (χ1n) is 9.47. The molecule has 5 nitrogen and oxygen atoms in total. The Balaban J connectivity index is 1.37. The van der Waals surface area contributed by atoms with Crippen LogP contribution in [0.1, 0.15) is 37.3 Å². The molecule has 0 aromatic heterocycles. The maximum absolute atomic E-state index is 12.9. The van der Waals surface area contributed by atoms with E-state index in [1.807, 2.05) is 22.8 Å². The highest BCUT2D eigenvalue weighted by Gasteiger charge is 2.45. The summed E-state index contributed by atoms with van der Waals surface area (Å²) in [5.41, 5.74) is 2.69. The Bertz CT molecular complexity index is 679. The predicted molar refractivity (Wildman–Crippen MR) is 95.9 cm³/mol. The lowest BCUT2D eigenvalue weighted by atomic mass is 9.77. The van der Waals surface area contributed by atoms with E-state index in [0.29, 0.717) is 6.42 Å². The summed E-state index contributed by atoms with van der Waals surface area (Å²) < 4.78 is 0. The summed E-state index contributed by atoms with van der Waals surface area (Å²) >= 11 is 0. The molecule has 25 heavy (non-hydrogen) atoms. The molecule has 2 amide bonds. The summed E-state index contributed by atoms with van der Waals surface area (Å²) in [5.74, 6) is 0.508. The molecule has 1 N–H and O–H groups in total. The first-order chi connectivity index (χ1) is 12.1. The molecule has 1 spiro atoms. The van der Waals surface area contributed by atoms with E-state index in [1.165, 1.54) is 11.1 Å². The van der Waals surface area contributed by atoms with E-state index in [9.17, 15) is 9.59 Å². The quantitative estimate of drug-likeness (QED) is 0.888. The van der Waals surface area contributed by atoms with Crippen molar-refractivity contribution in [2.24, 2.45) is 5.41 Å². The monoisotopic (exact) mass is 341 g/mol. The lowest BCUT2D eigenvalue weighted by Crippen LogP contribution is -2.53. The van der Waals surface area contributed by atoms with Crippen molar-refractivity contribution in [1.82, 2.24) is 15.1 Å². The van der Waals surface area contributed by atoms with Crippen LogP contribution in [-0.2, 0) is 22.6 Å². The number of benzene rings is 1. The van der Waals surface area contributed by atoms with E-state index in [2.05, 4.69) is 23.5 Å². The van der Waals surface area contributed by atoms with E-state index >= 15 is 0 Å². The molecule has 0 unspecified atom stereocenters. The summed E-state index contributed by atoms with van der Waals surface area (Å²) in [7, 11) is 0. The highest BCUT2D eigenvalue weighted by molar-refractivity contribution is 5.83. The topological polar surface area (TPSA) is 52.6 Å². The standard InChI is InChI=1S/C20H27N3O2/c1-2-22-14-20(12-18(22)24)7-9-23(10-8-20)19(25)17-11-15-5-3-4-6-16(15)13-21-17/h3-6,17,21H,2,7-14H2,1H3/t17-/m1/s1. The molecule has 0 saturated carbocycles. The first kappa shape index (κ1) is 16.6. The van der Waals surface area contributed by atoms with Crippen molar-refractivity contribution in [2.75, 3.05) is 26.2 Å². The fraction of sp³-hybridized carbons (Fsp3) is 0.600. The Labute approximate surface area is 149 Å². The maximum atomic E-state index is 12.9. The van der Waals surface area contributed by atoms with Crippen LogP contribution in [0.25, 0.3) is 0 Å². The number of hydrogen-bond donors (Lipinski definition) is 1. The van der Waals surface area contributed by atoms with Gasteiger partial charge in [0.15, 0.2) is 0 Å². The number of nitrogens with zero attached hydrogens (tertiary/aromatic N) is 2. The lowest BCUT2D eigenvalue weighted by molar-refractivity contribution is -0.135. The van der Waals surface area contributed by atoms with Crippen molar-refractivity contribution >= 4 is 11.8 Å². The van der Waals surface area contributed by atoms with Crippen molar-refractivity contribution in [1.29, 1.82) is 0 Å². The second-order valence-electron chi connectivity index (χ2n) is 7.82. The van der Waals surface area contributed by atoms with Crippen LogP contribution >= 0.6 is 0 Å². The van der Waals surface area contributed by atoms with Crippen LogP contribution in [0.15, 0.2) is 24.3 Å². The first-order valence-corrected chi connectivity index (χ1v) is 9.47. The molecule has 5 heteroatoms. The molecule has 4 rings (SSSR count). The number of piperidine rings is 1. The number of amides is 2. The average Bonchev–Trinajstić information content (AvgIpc) is 2.96. The lowest BCUT2D eigenvalue weighted by Gasteiger charge is -2.40. The van der Waals surface area contributed by atoms with Gasteiger partial charge in [0.25, 0.3) is 0 Å². The van der Waals surface area contributed by atoms with Gasteiger partial charge in [-0.25, -0.2) is 0 Å². The summed E-state index contributed by atoms with van der Waals surface area (Å²) in [6.07, 6.45) is 3.34. The third-order valence-corrected chi connectivity index (χ3v) is 6.30. The number of hydrogen-bond acceptors (Lipinski definition) is 3. The number of likely N-dealkylation sites (tertiary alicyclic amines) is 2. The van der Waals surface area contributed by atoms with E-state index in [-0.39, 0.29) is 23.3 Å². The SMILES string of the molecule is CCN1CC2(CCN(C(=O)[C@H]3Cc4ccccc4CN3)CC2)CC1=O. The molecule has 0 bridgehead atoms. The van der Waals surface area contributed by atoms with Crippen LogP contribution in [-0.4, -0.2) is 53.8 Å². The average molecular weight is 341 g/mol. The summed E-state index contributed by atoms with van der Waals surface area (Å²) in [6, 6.07) is 8.25. The highest BCUT2D eigenvalue weighted by atomic mass is 16.2. The normalized spacial score (nSPS) is 25.3. The molecular weight excluding hydrogens is 314 g/mol. The zero-order valence-corrected chi connectivity index (χ0v) is 15.0. The third-order valence-electron chi connectivity index (χ3n) is 6.30. The van der Waals surface area contributed by atoms with Gasteiger partial charge in [0.1, 0.15) is 0 Å². The fourth-order valence-electron chi connectivity index (χ4n) is 4.66. The van der Waals surface area contributed by atoms with Crippen LogP contribution in [0.2, 0.25) is 0 Å². The van der Waals surface area contributed by atoms with Crippen molar-refractivity contribution < 1.29 is 9.59 Å². The Morgan fingerprint density at radius 3 is 2.64 bits per heavy atom. The van der Waals surface area contributed by atoms with Gasteiger partial charge in [0.05, 0.1) is 6.04 Å². The molecule has 3 aliphatic heterocycles. The van der Waals surface area contributed by atoms with Crippen LogP contribution in [0.4, 0.5) is 0 Å². The second kappa shape index (κ2) is 6.45. The van der Waals surface area contributed by atoms with Gasteiger partial charge in [-0.3, -0.25) is 9.59 Å². The molecule has 1 aromatic rings. The number of nitrogens with one attached hydrogen (secondary N) is 1. The van der Waals surface area contributed by atoms with Crippen LogP contribution < -0.4 is 5.32 Å². The molecule has 1 aromatic carbocycles. The minimum atomic E-state index is -0.110. The number of carbonyl (C=O) groups is 2. The van der Waals surface area contributed by atoms with Crippen molar-refractivity contribution in [3.05, 3.63) is 35.4 Å². The van der Waals surface area contributed by atoms with Gasteiger partial charge in [-0.05, 0) is 37.3 Å². The predicted octanol–water partition coefficient (Wildman–Crippen LogP) is 1.56. The van der Waals surface area contributed by atoms with Gasteiger partial charge in [0.2, 0.25) is 11.8 Å². The number of fused-ring (bicyclic) bond motifs is 1. The van der Waals surface area contributed by atoms with Gasteiger partial charge >= 0.3 is 0 Å². The van der Waals surface area contributed by atoms with Crippen molar-refractivity contribution in [3.63, 3.8) is 0 Å². The van der Waals surface area contributed by atoms with E-state index in [0.717, 1.165) is 52.0 Å². The Hall–Kier alpha value is -1.88. The van der Waals surface area contributed by atoms with Crippen molar-refractivity contribution in [3.8, 4) is 0 Å². The smallest absolute Gasteiger partial charge is 0.240 e. The zero-order chi connectivity index (χ0) is 17.4. The van der Waals surface area contributed by atoms with Gasteiger partial charge in [-0.1, -0.05) is 24.3 Å². The highest BCUT2D eigenvalue weighted by Crippen LogP contribution is 2.41. The van der Waals surface area contributed by atoms with Crippen molar-refractivity contribution in [2.45, 2.75) is 45.2 Å². The molecule has 2 fully saturated rings. The maximum Gasteiger partial charge on any atom is 0.240 e.